The summed E-state index contributed by atoms with van der Waals surface area (Å²) in [6.45, 7) is 0. The lowest BCUT2D eigenvalue weighted by Gasteiger charge is -2.13. The van der Waals surface area contributed by atoms with E-state index in [1.165, 1.54) is 0 Å². The van der Waals surface area contributed by atoms with Gasteiger partial charge in [-0.05, 0) is 58.7 Å². The monoisotopic (exact) mass is 402 g/mol. The first-order chi connectivity index (χ1) is 13.6. The Labute approximate surface area is 174 Å². The topological polar surface area (TPSA) is 17.1 Å². The Morgan fingerprint density at radius 3 is 1.32 bits per heavy atom. The molecule has 0 saturated heterocycles. The van der Waals surface area contributed by atoms with Gasteiger partial charge in [-0.15, -0.1) is 0 Å². The Morgan fingerprint density at radius 1 is 0.536 bits per heavy atom. The van der Waals surface area contributed by atoms with Crippen LogP contribution in [0.15, 0.2) is 97.1 Å². The zero-order chi connectivity index (χ0) is 19.5. The molecule has 0 radical (unpaired) electrons. The van der Waals surface area contributed by atoms with Gasteiger partial charge in [-0.2, -0.15) is 0 Å². The quantitative estimate of drug-likeness (QED) is 0.321. The Hall–Kier alpha value is -2.87. The normalized spacial score (nSPS) is 10.6. The second-order valence-corrected chi connectivity index (χ2v) is 7.31. The number of hydrogen-bond acceptors (Lipinski definition) is 1. The van der Waals surface area contributed by atoms with E-state index in [0.717, 1.165) is 22.3 Å². The minimum Gasteiger partial charge on any atom is -0.289 e. The average Bonchev–Trinajstić information content (AvgIpc) is 2.74. The predicted molar refractivity (Wildman–Crippen MR) is 117 cm³/mol. The Morgan fingerprint density at radius 2 is 0.929 bits per heavy atom. The Kier molecular flexibility index (Phi) is 5.29. The van der Waals surface area contributed by atoms with Crippen molar-refractivity contribution in [1.29, 1.82) is 0 Å². The lowest BCUT2D eigenvalue weighted by Crippen LogP contribution is -2.06. The minimum atomic E-state index is -0.0639. The summed E-state index contributed by atoms with van der Waals surface area (Å²) in [6, 6.07) is 30.3. The van der Waals surface area contributed by atoms with Gasteiger partial charge in [-0.1, -0.05) is 83.9 Å². The molecule has 0 fully saturated rings. The van der Waals surface area contributed by atoms with E-state index in [-0.39, 0.29) is 5.78 Å². The van der Waals surface area contributed by atoms with E-state index in [2.05, 4.69) is 0 Å². The van der Waals surface area contributed by atoms with Crippen molar-refractivity contribution in [2.24, 2.45) is 0 Å². The van der Waals surface area contributed by atoms with E-state index in [4.69, 9.17) is 23.2 Å². The molecular formula is C25H16Cl2O. The highest BCUT2D eigenvalue weighted by atomic mass is 35.5. The second-order valence-electron chi connectivity index (χ2n) is 6.44. The molecule has 0 amide bonds. The summed E-state index contributed by atoms with van der Waals surface area (Å²) >= 11 is 12.5. The molecule has 0 aliphatic carbocycles. The third-order valence-corrected chi connectivity index (χ3v) is 5.09. The van der Waals surface area contributed by atoms with Crippen LogP contribution in [-0.4, -0.2) is 5.78 Å². The van der Waals surface area contributed by atoms with Crippen LogP contribution in [0.3, 0.4) is 0 Å². The highest BCUT2D eigenvalue weighted by molar-refractivity contribution is 6.32. The van der Waals surface area contributed by atoms with E-state index in [9.17, 15) is 4.79 Å². The summed E-state index contributed by atoms with van der Waals surface area (Å²) in [7, 11) is 0. The number of halogens is 2. The zero-order valence-electron chi connectivity index (χ0n) is 14.9. The molecule has 0 bridgehead atoms. The molecular weight excluding hydrogens is 387 g/mol. The molecule has 0 aliphatic rings. The fraction of sp³-hybridized carbons (Fsp3) is 0. The van der Waals surface area contributed by atoms with E-state index in [1.807, 2.05) is 72.8 Å². The van der Waals surface area contributed by atoms with Gasteiger partial charge in [-0.3, -0.25) is 4.79 Å². The molecule has 0 heterocycles. The number of benzene rings is 4. The fourth-order valence-electron chi connectivity index (χ4n) is 3.29. The smallest absolute Gasteiger partial charge is 0.194 e. The van der Waals surface area contributed by atoms with Crippen molar-refractivity contribution in [2.45, 2.75) is 0 Å². The van der Waals surface area contributed by atoms with Crippen LogP contribution in [0.2, 0.25) is 10.0 Å². The van der Waals surface area contributed by atoms with E-state index < -0.39 is 0 Å². The predicted octanol–water partition coefficient (Wildman–Crippen LogP) is 7.56. The first-order valence-electron chi connectivity index (χ1n) is 8.88. The number of carbonyl (C=O) groups is 1. The first kappa shape index (κ1) is 18.5. The molecule has 136 valence electrons. The summed E-state index contributed by atoms with van der Waals surface area (Å²) in [5, 5.41) is 1.18. The van der Waals surface area contributed by atoms with Crippen molar-refractivity contribution >= 4 is 29.0 Å². The highest BCUT2D eigenvalue weighted by Gasteiger charge is 2.19. The highest BCUT2D eigenvalue weighted by Crippen LogP contribution is 2.33. The molecule has 0 aliphatic heterocycles. The van der Waals surface area contributed by atoms with Crippen LogP contribution in [0.25, 0.3) is 22.3 Å². The number of carbonyl (C=O) groups excluding carboxylic acids is 1. The van der Waals surface area contributed by atoms with E-state index in [1.54, 1.807) is 24.3 Å². The molecule has 0 spiro atoms. The molecule has 0 saturated carbocycles. The summed E-state index contributed by atoms with van der Waals surface area (Å²) in [6.07, 6.45) is 0. The van der Waals surface area contributed by atoms with Crippen molar-refractivity contribution in [3.8, 4) is 22.3 Å². The molecule has 4 rings (SSSR count). The Balaban J connectivity index is 1.89. The van der Waals surface area contributed by atoms with Gasteiger partial charge in [-0.25, -0.2) is 0 Å². The fourth-order valence-corrected chi connectivity index (χ4v) is 3.63. The molecule has 1 nitrogen and oxygen atoms in total. The van der Waals surface area contributed by atoms with Crippen LogP contribution >= 0.6 is 23.2 Å². The van der Waals surface area contributed by atoms with Gasteiger partial charge in [0.15, 0.2) is 5.78 Å². The van der Waals surface area contributed by atoms with Gasteiger partial charge >= 0.3 is 0 Å². The molecule has 4 aromatic carbocycles. The number of rotatable bonds is 4. The maximum atomic E-state index is 13.6. The van der Waals surface area contributed by atoms with Crippen molar-refractivity contribution in [3.63, 3.8) is 0 Å². The lowest BCUT2D eigenvalue weighted by molar-refractivity contribution is 0.104. The molecule has 4 aromatic rings. The van der Waals surface area contributed by atoms with Crippen molar-refractivity contribution in [3.05, 3.63) is 118 Å². The van der Waals surface area contributed by atoms with E-state index in [0.29, 0.717) is 21.2 Å². The van der Waals surface area contributed by atoms with Crippen LogP contribution < -0.4 is 0 Å². The summed E-state index contributed by atoms with van der Waals surface area (Å²) in [5.74, 6) is -0.0639. The summed E-state index contributed by atoms with van der Waals surface area (Å²) in [4.78, 5) is 13.6. The molecule has 0 unspecified atom stereocenters. The van der Waals surface area contributed by atoms with Gasteiger partial charge in [0.2, 0.25) is 0 Å². The molecule has 0 aromatic heterocycles. The third-order valence-electron chi connectivity index (χ3n) is 4.62. The summed E-state index contributed by atoms with van der Waals surface area (Å²) in [5.41, 5.74) is 4.73. The lowest BCUT2D eigenvalue weighted by atomic mass is 9.90. The molecule has 28 heavy (non-hydrogen) atoms. The molecule has 0 N–H and O–H groups in total. The van der Waals surface area contributed by atoms with E-state index >= 15 is 0 Å². The minimum absolute atomic E-state index is 0.0639. The van der Waals surface area contributed by atoms with Gasteiger partial charge in [0.05, 0.1) is 0 Å². The van der Waals surface area contributed by atoms with Crippen LogP contribution in [-0.2, 0) is 0 Å². The number of ketones is 1. The third kappa shape index (κ3) is 3.73. The van der Waals surface area contributed by atoms with Crippen LogP contribution in [0, 0.1) is 0 Å². The van der Waals surface area contributed by atoms with Gasteiger partial charge in [0.1, 0.15) is 0 Å². The largest absolute Gasteiger partial charge is 0.289 e. The van der Waals surface area contributed by atoms with Gasteiger partial charge < -0.3 is 0 Å². The van der Waals surface area contributed by atoms with Crippen LogP contribution in [0.5, 0.6) is 0 Å². The maximum Gasteiger partial charge on any atom is 0.194 e. The van der Waals surface area contributed by atoms with Crippen LogP contribution in [0.1, 0.15) is 15.9 Å². The van der Waals surface area contributed by atoms with Gasteiger partial charge in [0.25, 0.3) is 0 Å². The number of hydrogen-bond donors (Lipinski definition) is 0. The first-order valence-corrected chi connectivity index (χ1v) is 9.64. The van der Waals surface area contributed by atoms with Crippen LogP contribution in [0.4, 0.5) is 0 Å². The van der Waals surface area contributed by atoms with Crippen molar-refractivity contribution in [2.75, 3.05) is 0 Å². The van der Waals surface area contributed by atoms with Crippen molar-refractivity contribution < 1.29 is 4.79 Å². The standard InChI is InChI=1S/C25H16Cl2O/c26-19-11-13-21(23(15-19)17-7-3-1-4-8-17)25(28)22-14-12-20(27)16-24(22)18-9-5-2-6-10-18/h1-16H. The van der Waals surface area contributed by atoms with Crippen molar-refractivity contribution in [1.82, 2.24) is 0 Å². The zero-order valence-corrected chi connectivity index (χ0v) is 16.4. The van der Waals surface area contributed by atoms with Gasteiger partial charge in [0, 0.05) is 21.2 Å². The molecule has 0 atom stereocenters. The Bertz CT molecular complexity index is 1040. The molecule has 3 heteroatoms. The maximum absolute atomic E-state index is 13.6. The summed E-state index contributed by atoms with van der Waals surface area (Å²) < 4.78 is 0. The SMILES string of the molecule is O=C(c1ccc(Cl)cc1-c1ccccc1)c1ccc(Cl)cc1-c1ccccc1. The second kappa shape index (κ2) is 8.02. The average molecular weight is 403 g/mol.